The van der Waals surface area contributed by atoms with Crippen molar-refractivity contribution >= 4 is 6.03 Å². The van der Waals surface area contributed by atoms with E-state index in [1.54, 1.807) is 12.4 Å². The lowest BCUT2D eigenvalue weighted by Gasteiger charge is -2.26. The Hall–Kier alpha value is -2.50. The van der Waals surface area contributed by atoms with Crippen LogP contribution in [0.25, 0.3) is 0 Å². The molecule has 2 heterocycles. The number of carbonyl (C=O) groups is 1. The minimum atomic E-state index is -0.236. The van der Waals surface area contributed by atoms with Crippen molar-refractivity contribution in [1.29, 1.82) is 0 Å². The lowest BCUT2D eigenvalue weighted by molar-refractivity contribution is 0.0918. The van der Waals surface area contributed by atoms with Gasteiger partial charge in [-0.15, -0.1) is 0 Å². The van der Waals surface area contributed by atoms with E-state index in [0.717, 1.165) is 5.75 Å². The highest BCUT2D eigenvalue weighted by atomic mass is 16.6. The second-order valence-electron chi connectivity index (χ2n) is 4.15. The largest absolute Gasteiger partial charge is 0.486 e. The van der Waals surface area contributed by atoms with Crippen molar-refractivity contribution in [3.8, 4) is 11.5 Å². The van der Waals surface area contributed by atoms with Gasteiger partial charge in [-0.2, -0.15) is 0 Å². The number of para-hydroxylation sites is 2. The molecular formula is C13H13N3O3. The monoisotopic (exact) mass is 259 g/mol. The zero-order chi connectivity index (χ0) is 13.1. The minimum Gasteiger partial charge on any atom is -0.486 e. The third-order valence-electron chi connectivity index (χ3n) is 2.79. The molecule has 1 aromatic carbocycles. The summed E-state index contributed by atoms with van der Waals surface area (Å²) in [6.45, 7) is 0.798. The summed E-state index contributed by atoms with van der Waals surface area (Å²) in [5.74, 6) is 1.44. The standard InChI is InChI=1S/C13H13N3O3/c17-13(16-6-5-14-9-16)15-7-10-8-18-11-3-1-2-4-12(11)19-10/h1-6,9-10H,7-8H2,(H,15,17)/t10-/m0/s1. The Morgan fingerprint density at radius 2 is 2.26 bits per heavy atom. The number of imidazole rings is 1. The van der Waals surface area contributed by atoms with E-state index in [1.165, 1.54) is 10.9 Å². The van der Waals surface area contributed by atoms with Crippen LogP contribution in [0.15, 0.2) is 43.0 Å². The number of hydrogen-bond acceptors (Lipinski definition) is 4. The number of hydrogen-bond donors (Lipinski definition) is 1. The number of rotatable bonds is 2. The lowest BCUT2D eigenvalue weighted by Crippen LogP contribution is -2.41. The van der Waals surface area contributed by atoms with Gasteiger partial charge in [0.05, 0.1) is 6.54 Å². The summed E-state index contributed by atoms with van der Waals surface area (Å²) in [5, 5.41) is 2.76. The van der Waals surface area contributed by atoms with E-state index in [0.29, 0.717) is 18.9 Å². The fraction of sp³-hybridized carbons (Fsp3) is 0.231. The average Bonchev–Trinajstić information content (AvgIpc) is 2.99. The molecule has 98 valence electrons. The van der Waals surface area contributed by atoms with Crippen LogP contribution in [0.2, 0.25) is 0 Å². The van der Waals surface area contributed by atoms with Gasteiger partial charge in [-0.3, -0.25) is 4.57 Å². The van der Waals surface area contributed by atoms with E-state index in [-0.39, 0.29) is 12.1 Å². The molecule has 0 aliphatic carbocycles. The summed E-state index contributed by atoms with van der Waals surface area (Å²) in [6.07, 6.45) is 4.39. The Labute approximate surface area is 110 Å². The average molecular weight is 259 g/mol. The highest BCUT2D eigenvalue weighted by molar-refractivity contribution is 5.76. The van der Waals surface area contributed by atoms with Gasteiger partial charge in [0.15, 0.2) is 17.6 Å². The Kier molecular flexibility index (Phi) is 3.06. The molecule has 1 atom stereocenters. The van der Waals surface area contributed by atoms with Crippen LogP contribution < -0.4 is 14.8 Å². The van der Waals surface area contributed by atoms with E-state index in [2.05, 4.69) is 10.3 Å². The predicted octanol–water partition coefficient (Wildman–Crippen LogP) is 1.28. The van der Waals surface area contributed by atoms with Gasteiger partial charge < -0.3 is 14.8 Å². The molecule has 1 aromatic heterocycles. The van der Waals surface area contributed by atoms with Crippen molar-refractivity contribution < 1.29 is 14.3 Å². The maximum atomic E-state index is 11.7. The molecule has 6 nitrogen and oxygen atoms in total. The lowest BCUT2D eigenvalue weighted by atomic mass is 10.2. The molecule has 0 bridgehead atoms. The predicted molar refractivity (Wildman–Crippen MR) is 67.4 cm³/mol. The zero-order valence-electron chi connectivity index (χ0n) is 10.2. The summed E-state index contributed by atoms with van der Waals surface area (Å²) < 4.78 is 12.7. The SMILES string of the molecule is O=C(NC[C@H]1COc2ccccc2O1)n1ccnc1. The van der Waals surface area contributed by atoms with Crippen LogP contribution in [0, 0.1) is 0 Å². The minimum absolute atomic E-state index is 0.192. The zero-order valence-corrected chi connectivity index (χ0v) is 10.2. The molecule has 0 saturated carbocycles. The summed E-state index contributed by atoms with van der Waals surface area (Å²) in [4.78, 5) is 15.5. The highest BCUT2D eigenvalue weighted by Crippen LogP contribution is 2.30. The Bertz CT molecular complexity index is 568. The van der Waals surface area contributed by atoms with Crippen molar-refractivity contribution in [1.82, 2.24) is 14.9 Å². The second kappa shape index (κ2) is 5.01. The maximum Gasteiger partial charge on any atom is 0.326 e. The quantitative estimate of drug-likeness (QED) is 0.882. The topological polar surface area (TPSA) is 65.4 Å². The first-order chi connectivity index (χ1) is 9.33. The van der Waals surface area contributed by atoms with Gasteiger partial charge in [0, 0.05) is 12.4 Å². The highest BCUT2D eigenvalue weighted by Gasteiger charge is 2.21. The smallest absolute Gasteiger partial charge is 0.326 e. The number of nitrogens with zero attached hydrogens (tertiary/aromatic N) is 2. The first-order valence-corrected chi connectivity index (χ1v) is 5.97. The molecule has 6 heteroatoms. The number of carbonyl (C=O) groups excluding carboxylic acids is 1. The third kappa shape index (κ3) is 2.52. The van der Waals surface area contributed by atoms with E-state index in [1.807, 2.05) is 24.3 Å². The van der Waals surface area contributed by atoms with Crippen LogP contribution in [0.3, 0.4) is 0 Å². The molecule has 1 amide bonds. The summed E-state index contributed by atoms with van der Waals surface area (Å²) in [7, 11) is 0. The van der Waals surface area contributed by atoms with Crippen LogP contribution >= 0.6 is 0 Å². The summed E-state index contributed by atoms with van der Waals surface area (Å²) >= 11 is 0. The van der Waals surface area contributed by atoms with Crippen LogP contribution in [-0.4, -0.2) is 34.8 Å². The first-order valence-electron chi connectivity index (χ1n) is 5.97. The van der Waals surface area contributed by atoms with E-state index < -0.39 is 0 Å². The molecule has 0 radical (unpaired) electrons. The van der Waals surface area contributed by atoms with E-state index in [9.17, 15) is 4.79 Å². The fourth-order valence-corrected chi connectivity index (χ4v) is 1.84. The molecule has 0 saturated heterocycles. The van der Waals surface area contributed by atoms with Crippen LogP contribution in [-0.2, 0) is 0 Å². The molecule has 0 unspecified atom stereocenters. The van der Waals surface area contributed by atoms with Crippen molar-refractivity contribution in [3.05, 3.63) is 43.0 Å². The van der Waals surface area contributed by atoms with E-state index >= 15 is 0 Å². The summed E-state index contributed by atoms with van der Waals surface area (Å²) in [6, 6.07) is 7.24. The fourth-order valence-electron chi connectivity index (χ4n) is 1.84. The van der Waals surface area contributed by atoms with Crippen molar-refractivity contribution in [2.45, 2.75) is 6.10 Å². The van der Waals surface area contributed by atoms with Crippen LogP contribution in [0.5, 0.6) is 11.5 Å². The Morgan fingerprint density at radius 1 is 1.42 bits per heavy atom. The Morgan fingerprint density at radius 3 is 3.05 bits per heavy atom. The van der Waals surface area contributed by atoms with Crippen molar-refractivity contribution in [2.24, 2.45) is 0 Å². The van der Waals surface area contributed by atoms with Gasteiger partial charge >= 0.3 is 6.03 Å². The number of fused-ring (bicyclic) bond motifs is 1. The van der Waals surface area contributed by atoms with E-state index in [4.69, 9.17) is 9.47 Å². The summed E-state index contributed by atoms with van der Waals surface area (Å²) in [5.41, 5.74) is 0. The molecule has 0 fully saturated rings. The number of nitrogens with one attached hydrogen (secondary N) is 1. The van der Waals surface area contributed by atoms with Crippen molar-refractivity contribution in [3.63, 3.8) is 0 Å². The van der Waals surface area contributed by atoms with Gasteiger partial charge in [-0.1, -0.05) is 12.1 Å². The van der Waals surface area contributed by atoms with Gasteiger partial charge in [0.1, 0.15) is 12.9 Å². The van der Waals surface area contributed by atoms with Crippen molar-refractivity contribution in [2.75, 3.05) is 13.2 Å². The third-order valence-corrected chi connectivity index (χ3v) is 2.79. The second-order valence-corrected chi connectivity index (χ2v) is 4.15. The molecule has 1 aliphatic heterocycles. The number of ether oxygens (including phenoxy) is 2. The molecule has 2 aromatic rings. The number of amides is 1. The Balaban J connectivity index is 1.57. The molecule has 0 spiro atoms. The molecule has 19 heavy (non-hydrogen) atoms. The van der Waals surface area contributed by atoms with Crippen LogP contribution in [0.1, 0.15) is 0 Å². The first kappa shape index (κ1) is 11.6. The van der Waals surface area contributed by atoms with Gasteiger partial charge in [-0.05, 0) is 12.1 Å². The molecular weight excluding hydrogens is 246 g/mol. The molecule has 3 rings (SSSR count). The number of benzene rings is 1. The van der Waals surface area contributed by atoms with Crippen LogP contribution in [0.4, 0.5) is 4.79 Å². The van der Waals surface area contributed by atoms with Gasteiger partial charge in [0.25, 0.3) is 0 Å². The normalized spacial score (nSPS) is 16.9. The molecule has 1 aliphatic rings. The maximum absolute atomic E-state index is 11.7. The van der Waals surface area contributed by atoms with Gasteiger partial charge in [-0.25, -0.2) is 9.78 Å². The molecule has 1 N–H and O–H groups in total. The van der Waals surface area contributed by atoms with Gasteiger partial charge in [0.2, 0.25) is 0 Å². The number of aromatic nitrogens is 2.